The molecule has 1 aliphatic carbocycles. The summed E-state index contributed by atoms with van der Waals surface area (Å²) in [4.78, 5) is 6.57. The van der Waals surface area contributed by atoms with Crippen LogP contribution in [0.4, 0.5) is 5.69 Å². The Morgan fingerprint density at radius 1 is 1.24 bits per heavy atom. The van der Waals surface area contributed by atoms with Gasteiger partial charge in [-0.2, -0.15) is 0 Å². The van der Waals surface area contributed by atoms with Crippen molar-refractivity contribution in [2.75, 3.05) is 24.5 Å². The molecule has 0 amide bonds. The van der Waals surface area contributed by atoms with Gasteiger partial charge in [-0.05, 0) is 50.3 Å². The zero-order chi connectivity index (χ0) is 11.5. The molecule has 0 radical (unpaired) electrons. The number of nitrogens with one attached hydrogen (secondary N) is 1. The van der Waals surface area contributed by atoms with Crippen LogP contribution in [0.15, 0.2) is 24.5 Å². The lowest BCUT2D eigenvalue weighted by molar-refractivity contribution is 0.416. The van der Waals surface area contributed by atoms with Gasteiger partial charge in [0.05, 0.1) is 0 Å². The number of rotatable bonds is 4. The van der Waals surface area contributed by atoms with Gasteiger partial charge in [-0.1, -0.05) is 0 Å². The predicted octanol–water partition coefficient (Wildman–Crippen LogP) is 2.05. The average molecular weight is 231 g/mol. The van der Waals surface area contributed by atoms with E-state index < -0.39 is 0 Å². The molecule has 3 rings (SSSR count). The molecule has 3 nitrogen and oxygen atoms in total. The molecule has 1 atom stereocenters. The van der Waals surface area contributed by atoms with E-state index in [2.05, 4.69) is 27.3 Å². The smallest absolute Gasteiger partial charge is 0.0397 e. The van der Waals surface area contributed by atoms with Crippen LogP contribution in [0.25, 0.3) is 0 Å². The van der Waals surface area contributed by atoms with E-state index in [4.69, 9.17) is 0 Å². The molecule has 2 heterocycles. The molecule has 1 aromatic heterocycles. The Kier molecular flexibility index (Phi) is 3.27. The molecule has 0 bridgehead atoms. The summed E-state index contributed by atoms with van der Waals surface area (Å²) >= 11 is 0. The molecule has 1 N–H and O–H groups in total. The summed E-state index contributed by atoms with van der Waals surface area (Å²) in [6, 6.07) is 4.91. The van der Waals surface area contributed by atoms with E-state index in [-0.39, 0.29) is 0 Å². The zero-order valence-corrected chi connectivity index (χ0v) is 10.3. The van der Waals surface area contributed by atoms with Crippen molar-refractivity contribution < 1.29 is 0 Å². The second kappa shape index (κ2) is 5.05. The SMILES string of the molecule is c1cc(N2CCC[C@@H](NCC3CC3)C2)ccn1. The Balaban J connectivity index is 1.55. The fourth-order valence-electron chi connectivity index (χ4n) is 2.59. The molecule has 1 saturated heterocycles. The van der Waals surface area contributed by atoms with Gasteiger partial charge in [-0.15, -0.1) is 0 Å². The van der Waals surface area contributed by atoms with Crippen LogP contribution < -0.4 is 10.2 Å². The van der Waals surface area contributed by atoms with Crippen molar-refractivity contribution in [3.8, 4) is 0 Å². The first kappa shape index (κ1) is 11.0. The van der Waals surface area contributed by atoms with Crippen LogP contribution >= 0.6 is 0 Å². The van der Waals surface area contributed by atoms with Crippen molar-refractivity contribution in [1.82, 2.24) is 10.3 Å². The Labute approximate surface area is 103 Å². The molecule has 2 fully saturated rings. The van der Waals surface area contributed by atoms with Gasteiger partial charge in [0.25, 0.3) is 0 Å². The van der Waals surface area contributed by atoms with Gasteiger partial charge in [-0.3, -0.25) is 4.98 Å². The molecule has 0 unspecified atom stereocenters. The molecule has 17 heavy (non-hydrogen) atoms. The van der Waals surface area contributed by atoms with Crippen LogP contribution in [-0.4, -0.2) is 30.7 Å². The summed E-state index contributed by atoms with van der Waals surface area (Å²) in [5.74, 6) is 0.978. The fraction of sp³-hybridized carbons (Fsp3) is 0.643. The molecular weight excluding hydrogens is 210 g/mol. The number of piperidine rings is 1. The van der Waals surface area contributed by atoms with Gasteiger partial charge in [0, 0.05) is 37.2 Å². The van der Waals surface area contributed by atoms with Crippen LogP contribution in [0.1, 0.15) is 25.7 Å². The normalized spacial score (nSPS) is 24.9. The summed E-state index contributed by atoms with van der Waals surface area (Å²) in [6.07, 6.45) is 9.27. The average Bonchev–Trinajstić information content (AvgIpc) is 3.22. The second-order valence-electron chi connectivity index (χ2n) is 5.34. The highest BCUT2D eigenvalue weighted by molar-refractivity contribution is 5.45. The van der Waals surface area contributed by atoms with Gasteiger partial charge < -0.3 is 10.2 Å². The van der Waals surface area contributed by atoms with Crippen LogP contribution in [0.5, 0.6) is 0 Å². The first-order chi connectivity index (χ1) is 8.42. The van der Waals surface area contributed by atoms with Crippen molar-refractivity contribution in [3.05, 3.63) is 24.5 Å². The van der Waals surface area contributed by atoms with Gasteiger partial charge in [0.1, 0.15) is 0 Å². The predicted molar refractivity (Wildman–Crippen MR) is 70.2 cm³/mol. The Morgan fingerprint density at radius 2 is 2.06 bits per heavy atom. The summed E-state index contributed by atoms with van der Waals surface area (Å²) in [5, 5.41) is 3.73. The Hall–Kier alpha value is -1.09. The number of hydrogen-bond donors (Lipinski definition) is 1. The third-order valence-corrected chi connectivity index (χ3v) is 3.84. The van der Waals surface area contributed by atoms with Crippen LogP contribution in [0, 0.1) is 5.92 Å². The standard InChI is InChI=1S/C14H21N3/c1-2-13(16-10-12-3-4-12)11-17(9-1)14-5-7-15-8-6-14/h5-8,12-13,16H,1-4,9-11H2/t13-/m1/s1. The van der Waals surface area contributed by atoms with Crippen LogP contribution in [0.2, 0.25) is 0 Å². The van der Waals surface area contributed by atoms with Gasteiger partial charge in [-0.25, -0.2) is 0 Å². The molecule has 0 aromatic carbocycles. The maximum atomic E-state index is 4.08. The van der Waals surface area contributed by atoms with Crippen molar-refractivity contribution >= 4 is 5.69 Å². The maximum Gasteiger partial charge on any atom is 0.0397 e. The topological polar surface area (TPSA) is 28.2 Å². The number of pyridine rings is 1. The van der Waals surface area contributed by atoms with Gasteiger partial charge in [0.15, 0.2) is 0 Å². The van der Waals surface area contributed by atoms with Gasteiger partial charge in [0.2, 0.25) is 0 Å². The monoisotopic (exact) mass is 231 g/mol. The lowest BCUT2D eigenvalue weighted by Crippen LogP contribution is -2.46. The molecule has 0 spiro atoms. The molecule has 1 saturated carbocycles. The number of nitrogens with zero attached hydrogens (tertiary/aromatic N) is 2. The maximum absolute atomic E-state index is 4.08. The minimum atomic E-state index is 0.678. The first-order valence-electron chi connectivity index (χ1n) is 6.80. The summed E-state index contributed by atoms with van der Waals surface area (Å²) in [6.45, 7) is 3.57. The third kappa shape index (κ3) is 2.97. The molecule has 3 heteroatoms. The molecule has 2 aliphatic rings. The van der Waals surface area contributed by atoms with Crippen molar-refractivity contribution in [1.29, 1.82) is 0 Å². The van der Waals surface area contributed by atoms with Crippen molar-refractivity contribution in [2.24, 2.45) is 5.92 Å². The first-order valence-corrected chi connectivity index (χ1v) is 6.80. The second-order valence-corrected chi connectivity index (χ2v) is 5.34. The summed E-state index contributed by atoms with van der Waals surface area (Å²) in [7, 11) is 0. The van der Waals surface area contributed by atoms with E-state index in [9.17, 15) is 0 Å². The van der Waals surface area contributed by atoms with Gasteiger partial charge >= 0.3 is 0 Å². The largest absolute Gasteiger partial charge is 0.370 e. The summed E-state index contributed by atoms with van der Waals surface area (Å²) < 4.78 is 0. The molecular formula is C14H21N3. The van der Waals surface area contributed by atoms with E-state index in [0.29, 0.717) is 6.04 Å². The van der Waals surface area contributed by atoms with E-state index in [1.807, 2.05) is 12.4 Å². The Morgan fingerprint density at radius 3 is 2.82 bits per heavy atom. The fourth-order valence-corrected chi connectivity index (χ4v) is 2.59. The van der Waals surface area contributed by atoms with Crippen molar-refractivity contribution in [3.63, 3.8) is 0 Å². The van der Waals surface area contributed by atoms with E-state index >= 15 is 0 Å². The molecule has 1 aromatic rings. The zero-order valence-electron chi connectivity index (χ0n) is 10.3. The third-order valence-electron chi connectivity index (χ3n) is 3.84. The van der Waals surface area contributed by atoms with E-state index in [1.54, 1.807) is 0 Å². The highest BCUT2D eigenvalue weighted by atomic mass is 15.2. The Bertz CT molecular complexity index is 348. The van der Waals surface area contributed by atoms with E-state index in [1.165, 1.54) is 44.5 Å². The van der Waals surface area contributed by atoms with E-state index in [0.717, 1.165) is 12.5 Å². The molecule has 1 aliphatic heterocycles. The lowest BCUT2D eigenvalue weighted by Gasteiger charge is -2.34. The summed E-state index contributed by atoms with van der Waals surface area (Å²) in [5.41, 5.74) is 1.32. The van der Waals surface area contributed by atoms with Crippen LogP contribution in [-0.2, 0) is 0 Å². The number of aromatic nitrogens is 1. The lowest BCUT2D eigenvalue weighted by atomic mass is 10.0. The number of hydrogen-bond acceptors (Lipinski definition) is 3. The van der Waals surface area contributed by atoms with Crippen molar-refractivity contribution in [2.45, 2.75) is 31.7 Å². The number of anilines is 1. The van der Waals surface area contributed by atoms with Crippen LogP contribution in [0.3, 0.4) is 0 Å². The minimum Gasteiger partial charge on any atom is -0.370 e. The minimum absolute atomic E-state index is 0.678. The molecule has 92 valence electrons. The highest BCUT2D eigenvalue weighted by Crippen LogP contribution is 2.28. The quantitative estimate of drug-likeness (QED) is 0.859. The highest BCUT2D eigenvalue weighted by Gasteiger charge is 2.24.